The van der Waals surface area contributed by atoms with Crippen LogP contribution in [-0.4, -0.2) is 21.4 Å². The fourth-order valence-electron chi connectivity index (χ4n) is 3.01. The summed E-state index contributed by atoms with van der Waals surface area (Å²) in [6, 6.07) is 6.51. The zero-order valence-corrected chi connectivity index (χ0v) is 13.3. The fraction of sp³-hybridized carbons (Fsp3) is 0.375. The third-order valence-electron chi connectivity index (χ3n) is 3.83. The zero-order valence-electron chi connectivity index (χ0n) is 12.4. The van der Waals surface area contributed by atoms with E-state index in [-0.39, 0.29) is 5.11 Å². The number of hydrogen-bond donors (Lipinski definition) is 2. The monoisotopic (exact) mass is 300 g/mol. The molecule has 0 atom stereocenters. The van der Waals surface area contributed by atoms with Gasteiger partial charge in [0.2, 0.25) is 0 Å². The molecule has 3 rings (SSSR count). The summed E-state index contributed by atoms with van der Waals surface area (Å²) in [5.41, 5.74) is 11.7. The molecule has 0 bridgehead atoms. The van der Waals surface area contributed by atoms with E-state index < -0.39 is 0 Å². The normalized spacial score (nSPS) is 14.2. The largest absolute Gasteiger partial charge is 0.374 e. The molecule has 0 amide bonds. The Kier molecular flexibility index (Phi) is 3.68. The second-order valence-corrected chi connectivity index (χ2v) is 6.10. The molecule has 0 radical (unpaired) electrons. The van der Waals surface area contributed by atoms with Crippen LogP contribution < -0.4 is 11.1 Å². The second-order valence-electron chi connectivity index (χ2n) is 5.69. The Morgan fingerprint density at radius 3 is 2.62 bits per heavy atom. The SMILES string of the molecule is Cc1cc(C)cc(-c2nn(C(N)=S)c3c2CCCCN3)c1. The quantitative estimate of drug-likeness (QED) is 0.795. The van der Waals surface area contributed by atoms with Gasteiger partial charge in [0.15, 0.2) is 5.11 Å². The molecule has 1 aromatic carbocycles. The van der Waals surface area contributed by atoms with Gasteiger partial charge in [-0.3, -0.25) is 0 Å². The second kappa shape index (κ2) is 5.48. The minimum atomic E-state index is 0.288. The van der Waals surface area contributed by atoms with Crippen molar-refractivity contribution >= 4 is 23.1 Å². The molecule has 0 unspecified atom stereocenters. The molecular weight excluding hydrogens is 280 g/mol. The van der Waals surface area contributed by atoms with Gasteiger partial charge in [-0.25, -0.2) is 0 Å². The van der Waals surface area contributed by atoms with Crippen LogP contribution in [0.3, 0.4) is 0 Å². The lowest BCUT2D eigenvalue weighted by atomic mass is 10.0. The summed E-state index contributed by atoms with van der Waals surface area (Å²) >= 11 is 5.14. The van der Waals surface area contributed by atoms with Gasteiger partial charge in [-0.15, -0.1) is 0 Å². The molecule has 5 heteroatoms. The minimum Gasteiger partial charge on any atom is -0.374 e. The Morgan fingerprint density at radius 1 is 1.24 bits per heavy atom. The predicted octanol–water partition coefficient (Wildman–Crippen LogP) is 3.01. The van der Waals surface area contributed by atoms with Crippen LogP contribution in [0.4, 0.5) is 5.82 Å². The first-order valence-electron chi connectivity index (χ1n) is 7.30. The molecule has 0 spiro atoms. The van der Waals surface area contributed by atoms with E-state index in [0.29, 0.717) is 0 Å². The molecule has 2 aromatic rings. The highest BCUT2D eigenvalue weighted by atomic mass is 32.1. The highest BCUT2D eigenvalue weighted by Crippen LogP contribution is 2.32. The van der Waals surface area contributed by atoms with Crippen LogP contribution in [0.15, 0.2) is 18.2 Å². The van der Waals surface area contributed by atoms with E-state index >= 15 is 0 Å². The molecule has 3 N–H and O–H groups in total. The first kappa shape index (κ1) is 14.1. The number of nitrogens with zero attached hydrogens (tertiary/aromatic N) is 2. The van der Waals surface area contributed by atoms with Gasteiger partial charge in [-0.2, -0.15) is 9.78 Å². The van der Waals surface area contributed by atoms with Crippen LogP contribution in [0.25, 0.3) is 11.3 Å². The third-order valence-corrected chi connectivity index (χ3v) is 4.01. The van der Waals surface area contributed by atoms with Crippen molar-refractivity contribution in [3.8, 4) is 11.3 Å². The van der Waals surface area contributed by atoms with Crippen molar-refractivity contribution < 1.29 is 0 Å². The number of benzene rings is 1. The Balaban J connectivity index is 2.20. The average Bonchev–Trinajstić information content (AvgIpc) is 2.60. The maximum absolute atomic E-state index is 5.83. The molecule has 0 fully saturated rings. The van der Waals surface area contributed by atoms with Crippen molar-refractivity contribution in [2.24, 2.45) is 5.73 Å². The van der Waals surface area contributed by atoms with Gasteiger partial charge >= 0.3 is 0 Å². The summed E-state index contributed by atoms with van der Waals surface area (Å²) < 4.78 is 1.67. The lowest BCUT2D eigenvalue weighted by Crippen LogP contribution is -2.22. The van der Waals surface area contributed by atoms with E-state index in [2.05, 4.69) is 42.5 Å². The number of nitrogens with one attached hydrogen (secondary N) is 1. The number of anilines is 1. The molecule has 0 saturated heterocycles. The Morgan fingerprint density at radius 2 is 1.95 bits per heavy atom. The first-order chi connectivity index (χ1) is 10.1. The maximum Gasteiger partial charge on any atom is 0.193 e. The van der Waals surface area contributed by atoms with E-state index in [1.165, 1.54) is 16.7 Å². The van der Waals surface area contributed by atoms with E-state index in [0.717, 1.165) is 42.9 Å². The van der Waals surface area contributed by atoms with Crippen LogP contribution in [0.2, 0.25) is 0 Å². The molecule has 1 aliphatic heterocycles. The fourth-order valence-corrected chi connectivity index (χ4v) is 3.14. The average molecular weight is 300 g/mol. The number of nitrogens with two attached hydrogens (primary N) is 1. The van der Waals surface area contributed by atoms with Crippen molar-refractivity contribution in [1.82, 2.24) is 9.78 Å². The van der Waals surface area contributed by atoms with Crippen LogP contribution in [0.5, 0.6) is 0 Å². The highest BCUT2D eigenvalue weighted by Gasteiger charge is 2.22. The van der Waals surface area contributed by atoms with Gasteiger partial charge in [0, 0.05) is 17.7 Å². The van der Waals surface area contributed by atoms with Gasteiger partial charge in [-0.05, 0) is 57.5 Å². The summed E-state index contributed by atoms with van der Waals surface area (Å²) in [5.74, 6) is 0.967. The van der Waals surface area contributed by atoms with E-state index in [4.69, 9.17) is 18.0 Å². The summed E-state index contributed by atoms with van der Waals surface area (Å²) in [4.78, 5) is 0. The molecule has 0 saturated carbocycles. The van der Waals surface area contributed by atoms with E-state index in [9.17, 15) is 0 Å². The Bertz CT molecular complexity index is 682. The smallest absolute Gasteiger partial charge is 0.193 e. The number of aromatic nitrogens is 2. The van der Waals surface area contributed by atoms with Crippen molar-refractivity contribution in [3.05, 3.63) is 34.9 Å². The van der Waals surface area contributed by atoms with Crippen molar-refractivity contribution in [3.63, 3.8) is 0 Å². The van der Waals surface area contributed by atoms with Gasteiger partial charge in [0.1, 0.15) is 5.82 Å². The third kappa shape index (κ3) is 2.65. The molecule has 1 aliphatic rings. The standard InChI is InChI=1S/C16H20N4S/c1-10-7-11(2)9-12(8-10)14-13-5-3-4-6-18-15(13)20(19-14)16(17)21/h7-9,18H,3-6H2,1-2H3,(H2,17,21). The molecule has 4 nitrogen and oxygen atoms in total. The molecule has 110 valence electrons. The molecule has 0 aliphatic carbocycles. The van der Waals surface area contributed by atoms with Gasteiger partial charge in [-0.1, -0.05) is 17.2 Å². The molecule has 21 heavy (non-hydrogen) atoms. The van der Waals surface area contributed by atoms with Crippen molar-refractivity contribution in [1.29, 1.82) is 0 Å². The maximum atomic E-state index is 5.83. The summed E-state index contributed by atoms with van der Waals surface area (Å²) in [6.07, 6.45) is 3.31. The van der Waals surface area contributed by atoms with Crippen LogP contribution in [0, 0.1) is 13.8 Å². The molecule has 1 aromatic heterocycles. The molecule has 2 heterocycles. The Labute approximate surface area is 130 Å². The number of rotatable bonds is 1. The van der Waals surface area contributed by atoms with E-state index in [1.54, 1.807) is 4.68 Å². The number of fused-ring (bicyclic) bond motifs is 1. The lowest BCUT2D eigenvalue weighted by Gasteiger charge is -2.06. The van der Waals surface area contributed by atoms with Crippen molar-refractivity contribution in [2.45, 2.75) is 33.1 Å². The summed E-state index contributed by atoms with van der Waals surface area (Å²) in [6.45, 7) is 5.16. The summed E-state index contributed by atoms with van der Waals surface area (Å²) in [5, 5.41) is 8.39. The highest BCUT2D eigenvalue weighted by molar-refractivity contribution is 7.80. The van der Waals surface area contributed by atoms with Crippen LogP contribution in [0.1, 0.15) is 29.5 Å². The van der Waals surface area contributed by atoms with Crippen LogP contribution in [-0.2, 0) is 6.42 Å². The van der Waals surface area contributed by atoms with Crippen molar-refractivity contribution in [2.75, 3.05) is 11.9 Å². The zero-order chi connectivity index (χ0) is 15.0. The van der Waals surface area contributed by atoms with Gasteiger partial charge < -0.3 is 11.1 Å². The number of hydrogen-bond acceptors (Lipinski definition) is 3. The number of thiocarbonyl (C=S) groups is 1. The lowest BCUT2D eigenvalue weighted by molar-refractivity contribution is 0.782. The van der Waals surface area contributed by atoms with E-state index in [1.807, 2.05) is 0 Å². The minimum absolute atomic E-state index is 0.288. The van der Waals surface area contributed by atoms with Crippen LogP contribution >= 0.6 is 12.2 Å². The molecular formula is C16H20N4S. The van der Waals surface area contributed by atoms with Gasteiger partial charge in [0.25, 0.3) is 0 Å². The summed E-state index contributed by atoms with van der Waals surface area (Å²) in [7, 11) is 0. The van der Waals surface area contributed by atoms with Gasteiger partial charge in [0.05, 0.1) is 5.69 Å². The predicted molar refractivity (Wildman–Crippen MR) is 90.7 cm³/mol. The number of aryl methyl sites for hydroxylation is 2. The topological polar surface area (TPSA) is 55.9 Å². The first-order valence-corrected chi connectivity index (χ1v) is 7.71. The Hall–Kier alpha value is -1.88.